The SMILES string of the molecule is CC1Cc2ccccc2N1C(=O)CCNc1ccccc1Oc1ccccc1. The summed E-state index contributed by atoms with van der Waals surface area (Å²) in [5.74, 6) is 1.68. The van der Waals surface area contributed by atoms with Crippen LogP contribution in [0.15, 0.2) is 78.9 Å². The van der Waals surface area contributed by atoms with E-state index in [0.717, 1.165) is 29.3 Å². The van der Waals surface area contributed by atoms with Gasteiger partial charge in [-0.15, -0.1) is 0 Å². The van der Waals surface area contributed by atoms with Crippen molar-refractivity contribution in [2.75, 3.05) is 16.8 Å². The van der Waals surface area contributed by atoms with Crippen LogP contribution in [0, 0.1) is 0 Å². The number of para-hydroxylation sites is 4. The number of fused-ring (bicyclic) bond motifs is 1. The number of ether oxygens (including phenoxy) is 1. The van der Waals surface area contributed by atoms with Crippen LogP contribution in [-0.4, -0.2) is 18.5 Å². The lowest BCUT2D eigenvalue weighted by Crippen LogP contribution is -2.36. The number of rotatable bonds is 6. The van der Waals surface area contributed by atoms with Gasteiger partial charge in [-0.3, -0.25) is 4.79 Å². The van der Waals surface area contributed by atoms with Gasteiger partial charge in [0.2, 0.25) is 5.91 Å². The van der Waals surface area contributed by atoms with Crippen LogP contribution in [0.1, 0.15) is 18.9 Å². The van der Waals surface area contributed by atoms with Crippen molar-refractivity contribution in [3.8, 4) is 11.5 Å². The molecule has 4 nitrogen and oxygen atoms in total. The molecule has 4 rings (SSSR count). The summed E-state index contributed by atoms with van der Waals surface area (Å²) >= 11 is 0. The Kier molecular flexibility index (Phi) is 5.29. The fraction of sp³-hybridized carbons (Fsp3) is 0.208. The number of benzene rings is 3. The highest BCUT2D eigenvalue weighted by Gasteiger charge is 2.29. The molecular formula is C24H24N2O2. The fourth-order valence-corrected chi connectivity index (χ4v) is 3.69. The first-order chi connectivity index (χ1) is 13.7. The van der Waals surface area contributed by atoms with E-state index in [9.17, 15) is 4.79 Å². The van der Waals surface area contributed by atoms with Gasteiger partial charge in [0.25, 0.3) is 0 Å². The molecule has 0 aromatic heterocycles. The minimum atomic E-state index is 0.145. The second-order valence-electron chi connectivity index (χ2n) is 7.03. The van der Waals surface area contributed by atoms with Gasteiger partial charge in [-0.05, 0) is 49.2 Å². The van der Waals surface area contributed by atoms with Crippen molar-refractivity contribution >= 4 is 17.3 Å². The van der Waals surface area contributed by atoms with Crippen LogP contribution >= 0.6 is 0 Å². The number of anilines is 2. The zero-order valence-corrected chi connectivity index (χ0v) is 16.0. The lowest BCUT2D eigenvalue weighted by molar-refractivity contribution is -0.118. The van der Waals surface area contributed by atoms with Crippen LogP contribution < -0.4 is 15.0 Å². The molecule has 0 fully saturated rings. The van der Waals surface area contributed by atoms with Crippen molar-refractivity contribution in [2.24, 2.45) is 0 Å². The Balaban J connectivity index is 1.39. The molecular weight excluding hydrogens is 348 g/mol. The van der Waals surface area contributed by atoms with Gasteiger partial charge in [-0.25, -0.2) is 0 Å². The van der Waals surface area contributed by atoms with Crippen molar-refractivity contribution in [1.29, 1.82) is 0 Å². The van der Waals surface area contributed by atoms with Crippen LogP contribution in [0.3, 0.4) is 0 Å². The molecule has 0 spiro atoms. The third-order valence-electron chi connectivity index (χ3n) is 4.99. The molecule has 0 saturated carbocycles. The van der Waals surface area contributed by atoms with Crippen LogP contribution in [0.4, 0.5) is 11.4 Å². The number of carbonyl (C=O) groups excluding carboxylic acids is 1. The molecule has 3 aromatic carbocycles. The fourth-order valence-electron chi connectivity index (χ4n) is 3.69. The average molecular weight is 372 g/mol. The molecule has 1 heterocycles. The van der Waals surface area contributed by atoms with Gasteiger partial charge in [0, 0.05) is 24.7 Å². The third kappa shape index (κ3) is 3.86. The highest BCUT2D eigenvalue weighted by atomic mass is 16.5. The predicted molar refractivity (Wildman–Crippen MR) is 113 cm³/mol. The Labute approximate surface area is 165 Å². The highest BCUT2D eigenvalue weighted by Crippen LogP contribution is 2.32. The molecule has 1 N–H and O–H groups in total. The first-order valence-electron chi connectivity index (χ1n) is 9.68. The molecule has 0 radical (unpaired) electrons. The number of nitrogens with zero attached hydrogens (tertiary/aromatic N) is 1. The molecule has 0 aliphatic carbocycles. The van der Waals surface area contributed by atoms with Crippen molar-refractivity contribution in [1.82, 2.24) is 0 Å². The second kappa shape index (κ2) is 8.17. The number of hydrogen-bond acceptors (Lipinski definition) is 3. The van der Waals surface area contributed by atoms with E-state index in [1.807, 2.05) is 77.7 Å². The van der Waals surface area contributed by atoms with E-state index in [1.54, 1.807) is 0 Å². The topological polar surface area (TPSA) is 41.6 Å². The maximum atomic E-state index is 12.8. The van der Waals surface area contributed by atoms with Gasteiger partial charge in [0.05, 0.1) is 5.69 Å². The molecule has 1 atom stereocenters. The number of amides is 1. The molecule has 0 saturated heterocycles. The molecule has 1 aliphatic rings. The van der Waals surface area contributed by atoms with Crippen molar-refractivity contribution in [2.45, 2.75) is 25.8 Å². The van der Waals surface area contributed by atoms with Gasteiger partial charge in [-0.2, -0.15) is 0 Å². The van der Waals surface area contributed by atoms with Crippen LogP contribution in [0.5, 0.6) is 11.5 Å². The van der Waals surface area contributed by atoms with Crippen molar-refractivity contribution in [3.05, 3.63) is 84.4 Å². The molecule has 3 aromatic rings. The quantitative estimate of drug-likeness (QED) is 0.642. The van der Waals surface area contributed by atoms with Gasteiger partial charge >= 0.3 is 0 Å². The van der Waals surface area contributed by atoms with E-state index < -0.39 is 0 Å². The Bertz CT molecular complexity index is 956. The number of nitrogens with one attached hydrogen (secondary N) is 1. The summed E-state index contributed by atoms with van der Waals surface area (Å²) in [5, 5.41) is 3.35. The van der Waals surface area contributed by atoms with E-state index in [1.165, 1.54) is 5.56 Å². The van der Waals surface area contributed by atoms with Gasteiger partial charge in [-0.1, -0.05) is 48.5 Å². The average Bonchev–Trinajstić information content (AvgIpc) is 3.06. The Hall–Kier alpha value is -3.27. The smallest absolute Gasteiger partial charge is 0.229 e. The van der Waals surface area contributed by atoms with E-state index in [0.29, 0.717) is 13.0 Å². The maximum Gasteiger partial charge on any atom is 0.229 e. The van der Waals surface area contributed by atoms with E-state index in [2.05, 4.69) is 18.3 Å². The van der Waals surface area contributed by atoms with Gasteiger partial charge in [0.1, 0.15) is 5.75 Å². The zero-order valence-electron chi connectivity index (χ0n) is 16.0. The number of carbonyl (C=O) groups is 1. The molecule has 142 valence electrons. The summed E-state index contributed by atoms with van der Waals surface area (Å²) in [5.41, 5.74) is 3.18. The lowest BCUT2D eigenvalue weighted by atomic mass is 10.1. The molecule has 28 heavy (non-hydrogen) atoms. The summed E-state index contributed by atoms with van der Waals surface area (Å²) < 4.78 is 5.97. The lowest BCUT2D eigenvalue weighted by Gasteiger charge is -2.23. The predicted octanol–water partition coefficient (Wildman–Crippen LogP) is 5.26. The van der Waals surface area contributed by atoms with Crippen molar-refractivity contribution in [3.63, 3.8) is 0 Å². The minimum absolute atomic E-state index is 0.145. The molecule has 0 bridgehead atoms. The van der Waals surface area contributed by atoms with Crippen LogP contribution in [-0.2, 0) is 11.2 Å². The summed E-state index contributed by atoms with van der Waals surface area (Å²) in [7, 11) is 0. The molecule has 1 amide bonds. The Morgan fingerprint density at radius 3 is 2.57 bits per heavy atom. The van der Waals surface area contributed by atoms with Gasteiger partial charge in [0.15, 0.2) is 5.75 Å². The van der Waals surface area contributed by atoms with Gasteiger partial charge < -0.3 is 15.0 Å². The highest BCUT2D eigenvalue weighted by molar-refractivity contribution is 5.96. The minimum Gasteiger partial charge on any atom is -0.455 e. The van der Waals surface area contributed by atoms with E-state index in [4.69, 9.17) is 4.74 Å². The van der Waals surface area contributed by atoms with E-state index in [-0.39, 0.29) is 11.9 Å². The monoisotopic (exact) mass is 372 g/mol. The first-order valence-corrected chi connectivity index (χ1v) is 9.68. The summed E-state index contributed by atoms with van der Waals surface area (Å²) in [4.78, 5) is 14.8. The molecule has 1 unspecified atom stereocenters. The third-order valence-corrected chi connectivity index (χ3v) is 4.99. The number of hydrogen-bond donors (Lipinski definition) is 1. The van der Waals surface area contributed by atoms with Crippen LogP contribution in [0.2, 0.25) is 0 Å². The molecule has 1 aliphatic heterocycles. The van der Waals surface area contributed by atoms with Crippen molar-refractivity contribution < 1.29 is 9.53 Å². The van der Waals surface area contributed by atoms with E-state index >= 15 is 0 Å². The summed E-state index contributed by atoms with van der Waals surface area (Å²) in [6.07, 6.45) is 1.35. The van der Waals surface area contributed by atoms with Crippen LogP contribution in [0.25, 0.3) is 0 Å². The largest absolute Gasteiger partial charge is 0.455 e. The first kappa shape index (κ1) is 18.1. The Morgan fingerprint density at radius 2 is 1.71 bits per heavy atom. The zero-order chi connectivity index (χ0) is 19.3. The maximum absolute atomic E-state index is 12.8. The molecule has 4 heteroatoms. The normalized spacial score (nSPS) is 15.2. The standard InChI is InChI=1S/C24H24N2O2/c1-18-17-19-9-5-7-13-22(19)26(18)24(27)15-16-25-21-12-6-8-14-23(21)28-20-10-3-2-4-11-20/h2-14,18,25H,15-17H2,1H3. The summed E-state index contributed by atoms with van der Waals surface area (Å²) in [6, 6.07) is 25.9. The second-order valence-corrected chi connectivity index (χ2v) is 7.03. The Morgan fingerprint density at radius 1 is 1.00 bits per heavy atom. The summed E-state index contributed by atoms with van der Waals surface area (Å²) in [6.45, 7) is 2.66.